The van der Waals surface area contributed by atoms with Crippen LogP contribution in [0, 0.1) is 0 Å². The van der Waals surface area contributed by atoms with Crippen LogP contribution in [0.1, 0.15) is 26.7 Å². The molecule has 0 radical (unpaired) electrons. The first-order valence-corrected chi connectivity index (χ1v) is 8.54. The Hall–Kier alpha value is -0.230. The Morgan fingerprint density at radius 3 is 2.62 bits per heavy atom. The van der Waals surface area contributed by atoms with E-state index in [1.54, 1.807) is 11.8 Å². The molecule has 1 amide bonds. The van der Waals surface area contributed by atoms with E-state index in [0.717, 1.165) is 35.3 Å². The molecule has 1 aliphatic heterocycles. The maximum Gasteiger partial charge on any atom is 0.236 e. The van der Waals surface area contributed by atoms with Crippen molar-refractivity contribution in [3.8, 4) is 0 Å². The van der Waals surface area contributed by atoms with Gasteiger partial charge in [-0.05, 0) is 57.5 Å². The van der Waals surface area contributed by atoms with E-state index in [9.17, 15) is 4.79 Å². The number of rotatable bonds is 4. The molecule has 118 valence electrons. The molecule has 21 heavy (non-hydrogen) atoms. The van der Waals surface area contributed by atoms with E-state index in [1.807, 2.05) is 38.1 Å². The number of benzene rings is 1. The summed E-state index contributed by atoms with van der Waals surface area (Å²) in [7, 11) is 0. The van der Waals surface area contributed by atoms with Crippen LogP contribution in [0.15, 0.2) is 33.6 Å². The predicted molar refractivity (Wildman–Crippen MR) is 95.4 cm³/mol. The van der Waals surface area contributed by atoms with Gasteiger partial charge in [-0.15, -0.1) is 24.2 Å². The summed E-state index contributed by atoms with van der Waals surface area (Å²) in [6.45, 7) is 5.89. The van der Waals surface area contributed by atoms with Crippen LogP contribution in [-0.2, 0) is 4.79 Å². The fourth-order valence-electron chi connectivity index (χ4n) is 2.18. The zero-order chi connectivity index (χ0) is 14.6. The molecule has 0 aliphatic carbocycles. The predicted octanol–water partition coefficient (Wildman–Crippen LogP) is 3.61. The molecule has 0 bridgehead atoms. The van der Waals surface area contributed by atoms with Crippen molar-refractivity contribution in [3.63, 3.8) is 0 Å². The van der Waals surface area contributed by atoms with Crippen molar-refractivity contribution in [1.29, 1.82) is 0 Å². The van der Waals surface area contributed by atoms with Gasteiger partial charge in [0.1, 0.15) is 0 Å². The van der Waals surface area contributed by atoms with Crippen molar-refractivity contribution in [1.82, 2.24) is 10.6 Å². The lowest BCUT2D eigenvalue weighted by atomic mass is 10.1. The molecule has 0 saturated carbocycles. The molecular formula is C15H22BrClN2OS. The normalized spacial score (nSPS) is 18.7. The fourth-order valence-corrected chi connectivity index (χ4v) is 3.46. The Morgan fingerprint density at radius 1 is 1.38 bits per heavy atom. The van der Waals surface area contributed by atoms with E-state index >= 15 is 0 Å². The third kappa shape index (κ3) is 5.81. The van der Waals surface area contributed by atoms with Gasteiger partial charge in [0, 0.05) is 22.0 Å². The summed E-state index contributed by atoms with van der Waals surface area (Å²) in [4.78, 5) is 13.5. The maximum absolute atomic E-state index is 12.4. The number of amides is 1. The van der Waals surface area contributed by atoms with Crippen LogP contribution in [-0.4, -0.2) is 29.8 Å². The molecule has 6 heteroatoms. The van der Waals surface area contributed by atoms with E-state index in [0.29, 0.717) is 0 Å². The highest BCUT2D eigenvalue weighted by molar-refractivity contribution is 9.10. The monoisotopic (exact) mass is 392 g/mol. The Balaban J connectivity index is 0.00000220. The second kappa shape index (κ2) is 8.42. The first kappa shape index (κ1) is 18.8. The van der Waals surface area contributed by atoms with Gasteiger partial charge in [0.15, 0.2) is 0 Å². The average Bonchev–Trinajstić information content (AvgIpc) is 2.42. The summed E-state index contributed by atoms with van der Waals surface area (Å²) in [6.07, 6.45) is 2.20. The number of thioether (sulfide) groups is 1. The largest absolute Gasteiger partial charge is 0.351 e. The van der Waals surface area contributed by atoms with E-state index in [4.69, 9.17) is 0 Å². The van der Waals surface area contributed by atoms with Crippen LogP contribution >= 0.6 is 40.1 Å². The Kier molecular flexibility index (Phi) is 7.54. The second-order valence-electron chi connectivity index (χ2n) is 5.58. The molecule has 3 nitrogen and oxygen atoms in total. The zero-order valence-corrected chi connectivity index (χ0v) is 15.5. The van der Waals surface area contributed by atoms with Gasteiger partial charge >= 0.3 is 0 Å². The summed E-state index contributed by atoms with van der Waals surface area (Å²) >= 11 is 5.02. The number of carbonyl (C=O) groups is 1. The molecule has 2 rings (SSSR count). The van der Waals surface area contributed by atoms with Crippen molar-refractivity contribution in [2.24, 2.45) is 0 Å². The Morgan fingerprint density at radius 2 is 2.05 bits per heavy atom. The first-order valence-electron chi connectivity index (χ1n) is 6.94. The van der Waals surface area contributed by atoms with Gasteiger partial charge in [-0.1, -0.05) is 15.9 Å². The van der Waals surface area contributed by atoms with Crippen molar-refractivity contribution in [2.75, 3.05) is 13.1 Å². The lowest BCUT2D eigenvalue weighted by Crippen LogP contribution is -2.50. The number of hydrogen-bond donors (Lipinski definition) is 2. The van der Waals surface area contributed by atoms with Gasteiger partial charge in [0.2, 0.25) is 5.91 Å². The summed E-state index contributed by atoms with van der Waals surface area (Å²) in [5.41, 5.74) is 0. The SMILES string of the molecule is CC(C)(Sc1ccc(Br)cc1)C(=O)N[C@H]1CCCNC1.Cl. The number of halogens is 2. The molecule has 1 aromatic carbocycles. The number of piperidine rings is 1. The second-order valence-corrected chi connectivity index (χ2v) is 8.19. The molecule has 0 aromatic heterocycles. The average molecular weight is 394 g/mol. The number of hydrogen-bond acceptors (Lipinski definition) is 3. The van der Waals surface area contributed by atoms with Crippen LogP contribution in [0.3, 0.4) is 0 Å². The summed E-state index contributed by atoms with van der Waals surface area (Å²) < 4.78 is 0.586. The standard InChI is InChI=1S/C15H21BrN2OS.ClH/c1-15(2,20-13-7-5-11(16)6-8-13)14(19)18-12-4-3-9-17-10-12;/h5-8,12,17H,3-4,9-10H2,1-2H3,(H,18,19);1H/t12-;/m0./s1. The summed E-state index contributed by atoms with van der Waals surface area (Å²) in [5, 5.41) is 6.48. The molecule has 1 heterocycles. The van der Waals surface area contributed by atoms with Crippen LogP contribution in [0.5, 0.6) is 0 Å². The molecule has 0 spiro atoms. The molecule has 1 saturated heterocycles. The van der Waals surface area contributed by atoms with E-state index in [-0.39, 0.29) is 24.4 Å². The minimum atomic E-state index is -0.467. The van der Waals surface area contributed by atoms with Crippen molar-refractivity contribution in [3.05, 3.63) is 28.7 Å². The van der Waals surface area contributed by atoms with Crippen LogP contribution in [0.4, 0.5) is 0 Å². The zero-order valence-electron chi connectivity index (χ0n) is 12.3. The van der Waals surface area contributed by atoms with Crippen molar-refractivity contribution < 1.29 is 4.79 Å². The lowest BCUT2D eigenvalue weighted by molar-refractivity contribution is -0.123. The fraction of sp³-hybridized carbons (Fsp3) is 0.533. The lowest BCUT2D eigenvalue weighted by Gasteiger charge is -2.29. The Labute approximate surface area is 145 Å². The highest BCUT2D eigenvalue weighted by atomic mass is 79.9. The van der Waals surface area contributed by atoms with Crippen molar-refractivity contribution in [2.45, 2.75) is 42.4 Å². The van der Waals surface area contributed by atoms with E-state index in [2.05, 4.69) is 26.6 Å². The summed E-state index contributed by atoms with van der Waals surface area (Å²) in [6, 6.07) is 8.33. The van der Waals surface area contributed by atoms with Gasteiger partial charge in [0.05, 0.1) is 4.75 Å². The molecule has 0 unspecified atom stereocenters. The topological polar surface area (TPSA) is 41.1 Å². The van der Waals surface area contributed by atoms with Gasteiger partial charge < -0.3 is 10.6 Å². The quantitative estimate of drug-likeness (QED) is 0.768. The molecule has 1 fully saturated rings. The molecular weight excluding hydrogens is 372 g/mol. The molecule has 2 N–H and O–H groups in total. The highest BCUT2D eigenvalue weighted by Gasteiger charge is 2.30. The van der Waals surface area contributed by atoms with E-state index in [1.165, 1.54) is 0 Å². The third-order valence-electron chi connectivity index (χ3n) is 3.37. The van der Waals surface area contributed by atoms with Crippen molar-refractivity contribution >= 4 is 46.0 Å². The Bertz CT molecular complexity index is 461. The molecule has 1 aromatic rings. The van der Waals surface area contributed by atoms with Gasteiger partial charge in [-0.25, -0.2) is 0 Å². The van der Waals surface area contributed by atoms with Crippen LogP contribution < -0.4 is 10.6 Å². The smallest absolute Gasteiger partial charge is 0.236 e. The minimum absolute atomic E-state index is 0. The number of nitrogens with one attached hydrogen (secondary N) is 2. The first-order chi connectivity index (χ1) is 9.47. The summed E-state index contributed by atoms with van der Waals surface area (Å²) in [5.74, 6) is 0.110. The van der Waals surface area contributed by atoms with Gasteiger partial charge in [-0.2, -0.15) is 0 Å². The highest BCUT2D eigenvalue weighted by Crippen LogP contribution is 2.33. The van der Waals surface area contributed by atoms with E-state index < -0.39 is 4.75 Å². The molecule has 1 atom stereocenters. The number of carbonyl (C=O) groups excluding carboxylic acids is 1. The van der Waals surface area contributed by atoms with Gasteiger partial charge in [-0.3, -0.25) is 4.79 Å². The minimum Gasteiger partial charge on any atom is -0.351 e. The molecule has 1 aliphatic rings. The van der Waals surface area contributed by atoms with Gasteiger partial charge in [0.25, 0.3) is 0 Å². The maximum atomic E-state index is 12.4. The van der Waals surface area contributed by atoms with Crippen LogP contribution in [0.2, 0.25) is 0 Å². The third-order valence-corrected chi connectivity index (χ3v) is 5.10. The van der Waals surface area contributed by atoms with Crippen LogP contribution in [0.25, 0.3) is 0 Å².